The maximum Gasteiger partial charge on any atom is 0.306 e. The van der Waals surface area contributed by atoms with Crippen molar-refractivity contribution < 1.29 is 9.53 Å². The van der Waals surface area contributed by atoms with Gasteiger partial charge in [-0.15, -0.1) is 11.3 Å². The van der Waals surface area contributed by atoms with Crippen LogP contribution in [-0.4, -0.2) is 32.5 Å². The van der Waals surface area contributed by atoms with Gasteiger partial charge in [-0.25, -0.2) is 15.0 Å². The molecule has 1 N–H and O–H groups in total. The van der Waals surface area contributed by atoms with Crippen molar-refractivity contribution in [3.05, 3.63) is 47.7 Å². The van der Waals surface area contributed by atoms with Gasteiger partial charge in [0.1, 0.15) is 5.69 Å². The molecular formula is C17H17N5O2S. The van der Waals surface area contributed by atoms with Crippen LogP contribution in [0.3, 0.4) is 0 Å². The molecule has 0 fully saturated rings. The molecule has 128 valence electrons. The Morgan fingerprint density at radius 1 is 1.16 bits per heavy atom. The highest BCUT2D eigenvalue weighted by atomic mass is 32.1. The van der Waals surface area contributed by atoms with Crippen molar-refractivity contribution >= 4 is 28.4 Å². The lowest BCUT2D eigenvalue weighted by molar-refractivity contribution is -0.143. The number of aryl methyl sites for hydroxylation is 1. The molecule has 8 heteroatoms. The van der Waals surface area contributed by atoms with Gasteiger partial charge in [0.05, 0.1) is 18.7 Å². The third-order valence-corrected chi connectivity index (χ3v) is 4.28. The van der Waals surface area contributed by atoms with Gasteiger partial charge in [0.2, 0.25) is 5.95 Å². The molecule has 0 amide bonds. The largest absolute Gasteiger partial charge is 0.466 e. The zero-order valence-electron chi connectivity index (χ0n) is 13.7. The Morgan fingerprint density at radius 2 is 1.96 bits per heavy atom. The SMILES string of the molecule is CCOC(=O)CCc1sc(Nc2ncccn2)nc1-c1ccccn1. The van der Waals surface area contributed by atoms with E-state index in [4.69, 9.17) is 4.74 Å². The summed E-state index contributed by atoms with van der Waals surface area (Å²) >= 11 is 1.46. The molecule has 3 aromatic heterocycles. The molecule has 25 heavy (non-hydrogen) atoms. The Labute approximate surface area is 149 Å². The third kappa shape index (κ3) is 4.57. The Hall–Kier alpha value is -2.87. The van der Waals surface area contributed by atoms with Gasteiger partial charge in [0, 0.05) is 23.5 Å². The molecule has 3 aromatic rings. The van der Waals surface area contributed by atoms with E-state index in [0.717, 1.165) is 16.3 Å². The Kier molecular flexibility index (Phi) is 5.63. The van der Waals surface area contributed by atoms with Crippen LogP contribution in [0.5, 0.6) is 0 Å². The number of ether oxygens (including phenoxy) is 1. The van der Waals surface area contributed by atoms with E-state index >= 15 is 0 Å². The van der Waals surface area contributed by atoms with Crippen LogP contribution in [0.1, 0.15) is 18.2 Å². The number of nitrogens with one attached hydrogen (secondary N) is 1. The fraction of sp³-hybridized carbons (Fsp3) is 0.235. The number of carbonyl (C=O) groups excluding carboxylic acids is 1. The maximum absolute atomic E-state index is 11.7. The van der Waals surface area contributed by atoms with Gasteiger partial charge < -0.3 is 10.1 Å². The number of hydrogen-bond acceptors (Lipinski definition) is 8. The van der Waals surface area contributed by atoms with Crippen molar-refractivity contribution in [1.82, 2.24) is 19.9 Å². The Morgan fingerprint density at radius 3 is 2.68 bits per heavy atom. The van der Waals surface area contributed by atoms with E-state index in [-0.39, 0.29) is 5.97 Å². The number of thiazole rings is 1. The summed E-state index contributed by atoms with van der Waals surface area (Å²) in [6.07, 6.45) is 5.88. The average molecular weight is 355 g/mol. The quantitative estimate of drug-likeness (QED) is 0.651. The van der Waals surface area contributed by atoms with Crippen LogP contribution in [0.15, 0.2) is 42.9 Å². The molecule has 0 aliphatic carbocycles. The smallest absolute Gasteiger partial charge is 0.306 e. The maximum atomic E-state index is 11.7. The highest BCUT2D eigenvalue weighted by molar-refractivity contribution is 7.16. The number of rotatable bonds is 7. The molecule has 0 aliphatic rings. The number of esters is 1. The molecule has 3 heterocycles. The molecule has 7 nitrogen and oxygen atoms in total. The predicted octanol–water partition coefficient (Wildman–Crippen LogP) is 3.23. The lowest BCUT2D eigenvalue weighted by atomic mass is 10.2. The summed E-state index contributed by atoms with van der Waals surface area (Å²) in [6.45, 7) is 2.18. The first-order chi connectivity index (χ1) is 12.3. The normalized spacial score (nSPS) is 10.4. The van der Waals surface area contributed by atoms with Crippen molar-refractivity contribution in [1.29, 1.82) is 0 Å². The van der Waals surface area contributed by atoms with Crippen LogP contribution in [0.25, 0.3) is 11.4 Å². The monoisotopic (exact) mass is 355 g/mol. The molecular weight excluding hydrogens is 338 g/mol. The first-order valence-electron chi connectivity index (χ1n) is 7.87. The number of hydrogen-bond donors (Lipinski definition) is 1. The molecule has 0 aliphatic heterocycles. The topological polar surface area (TPSA) is 89.9 Å². The molecule has 0 spiro atoms. The summed E-state index contributed by atoms with van der Waals surface area (Å²) in [4.78, 5) is 29.9. The van der Waals surface area contributed by atoms with E-state index in [1.165, 1.54) is 11.3 Å². The van der Waals surface area contributed by atoms with Crippen LogP contribution in [0.4, 0.5) is 11.1 Å². The fourth-order valence-corrected chi connectivity index (χ4v) is 3.15. The number of anilines is 2. The number of pyridine rings is 1. The Bertz CT molecular complexity index is 824. The van der Waals surface area contributed by atoms with Crippen molar-refractivity contribution in [3.63, 3.8) is 0 Å². The zero-order valence-corrected chi connectivity index (χ0v) is 14.5. The average Bonchev–Trinajstić information content (AvgIpc) is 3.04. The molecule has 0 radical (unpaired) electrons. The highest BCUT2D eigenvalue weighted by Gasteiger charge is 2.16. The van der Waals surface area contributed by atoms with E-state index in [2.05, 4.69) is 25.3 Å². The summed E-state index contributed by atoms with van der Waals surface area (Å²) in [6, 6.07) is 7.40. The van der Waals surface area contributed by atoms with Crippen molar-refractivity contribution in [2.24, 2.45) is 0 Å². The van der Waals surface area contributed by atoms with Crippen LogP contribution in [0, 0.1) is 0 Å². The standard InChI is InChI=1S/C17H17N5O2S/c1-2-24-14(23)8-7-13-15(12-6-3-4-9-18-12)21-17(25-13)22-16-19-10-5-11-20-16/h3-6,9-11H,2,7-8H2,1H3,(H,19,20,21,22). The summed E-state index contributed by atoms with van der Waals surface area (Å²) in [5.74, 6) is 0.254. The van der Waals surface area contributed by atoms with Gasteiger partial charge in [-0.05, 0) is 31.5 Å². The van der Waals surface area contributed by atoms with Gasteiger partial charge in [0.25, 0.3) is 0 Å². The van der Waals surface area contributed by atoms with E-state index < -0.39 is 0 Å². The minimum atomic E-state index is -0.219. The number of carbonyl (C=O) groups is 1. The Balaban J connectivity index is 1.84. The van der Waals surface area contributed by atoms with Crippen LogP contribution < -0.4 is 5.32 Å². The predicted molar refractivity (Wildman–Crippen MR) is 95.6 cm³/mol. The van der Waals surface area contributed by atoms with Gasteiger partial charge >= 0.3 is 5.97 Å². The van der Waals surface area contributed by atoms with Gasteiger partial charge in [-0.3, -0.25) is 9.78 Å². The second kappa shape index (κ2) is 8.29. The summed E-state index contributed by atoms with van der Waals surface area (Å²) < 4.78 is 5.01. The van der Waals surface area contributed by atoms with E-state index in [9.17, 15) is 4.79 Å². The first kappa shape index (κ1) is 17.0. The van der Waals surface area contributed by atoms with Crippen LogP contribution in [0.2, 0.25) is 0 Å². The zero-order chi connectivity index (χ0) is 17.5. The highest BCUT2D eigenvalue weighted by Crippen LogP contribution is 2.32. The second-order valence-corrected chi connectivity index (χ2v) is 6.09. The van der Waals surface area contributed by atoms with E-state index in [1.54, 1.807) is 31.6 Å². The van der Waals surface area contributed by atoms with Crippen molar-refractivity contribution in [3.8, 4) is 11.4 Å². The lowest BCUT2D eigenvalue weighted by Crippen LogP contribution is -2.05. The first-order valence-corrected chi connectivity index (χ1v) is 8.68. The summed E-state index contributed by atoms with van der Waals surface area (Å²) in [5, 5.41) is 3.75. The molecule has 0 bridgehead atoms. The van der Waals surface area contributed by atoms with Crippen molar-refractivity contribution in [2.75, 3.05) is 11.9 Å². The van der Waals surface area contributed by atoms with Crippen LogP contribution >= 0.6 is 11.3 Å². The second-order valence-electron chi connectivity index (χ2n) is 5.01. The van der Waals surface area contributed by atoms with E-state index in [0.29, 0.717) is 30.5 Å². The van der Waals surface area contributed by atoms with Crippen LogP contribution in [-0.2, 0) is 16.0 Å². The molecule has 0 aromatic carbocycles. The fourth-order valence-electron chi connectivity index (χ4n) is 2.19. The third-order valence-electron chi connectivity index (χ3n) is 3.25. The minimum Gasteiger partial charge on any atom is -0.466 e. The molecule has 0 atom stereocenters. The van der Waals surface area contributed by atoms with Gasteiger partial charge in [0.15, 0.2) is 5.13 Å². The molecule has 0 saturated carbocycles. The number of aromatic nitrogens is 4. The minimum absolute atomic E-state index is 0.219. The van der Waals surface area contributed by atoms with E-state index in [1.807, 2.05) is 18.2 Å². The molecule has 0 saturated heterocycles. The van der Waals surface area contributed by atoms with Gasteiger partial charge in [-0.1, -0.05) is 6.07 Å². The number of nitrogens with zero attached hydrogens (tertiary/aromatic N) is 4. The molecule has 3 rings (SSSR count). The lowest BCUT2D eigenvalue weighted by Gasteiger charge is -2.02. The molecule has 0 unspecified atom stereocenters. The summed E-state index contributed by atoms with van der Waals surface area (Å²) in [7, 11) is 0. The van der Waals surface area contributed by atoms with Crippen molar-refractivity contribution in [2.45, 2.75) is 19.8 Å². The summed E-state index contributed by atoms with van der Waals surface area (Å²) in [5.41, 5.74) is 1.52. The van der Waals surface area contributed by atoms with Gasteiger partial charge in [-0.2, -0.15) is 0 Å².